The van der Waals surface area contributed by atoms with Gasteiger partial charge in [-0.2, -0.15) is 4.98 Å². The van der Waals surface area contributed by atoms with Gasteiger partial charge in [-0.25, -0.2) is 13.4 Å². The Morgan fingerprint density at radius 3 is 2.47 bits per heavy atom. The number of ketones is 1. The molecule has 2 N–H and O–H groups in total. The molecule has 0 spiro atoms. The lowest BCUT2D eigenvalue weighted by Gasteiger charge is -2.21. The summed E-state index contributed by atoms with van der Waals surface area (Å²) in [6.45, 7) is 5.53. The molecule has 0 aliphatic carbocycles. The van der Waals surface area contributed by atoms with Crippen molar-refractivity contribution in [2.45, 2.75) is 20.8 Å². The van der Waals surface area contributed by atoms with Crippen molar-refractivity contribution in [3.8, 4) is 5.75 Å². The van der Waals surface area contributed by atoms with Crippen molar-refractivity contribution in [1.82, 2.24) is 9.97 Å². The predicted octanol–water partition coefficient (Wildman–Crippen LogP) is 4.52. The van der Waals surface area contributed by atoms with Gasteiger partial charge in [0.05, 0.1) is 30.3 Å². The van der Waals surface area contributed by atoms with E-state index in [4.69, 9.17) is 4.74 Å². The molecule has 180 valence electrons. The zero-order valence-corrected chi connectivity index (χ0v) is 20.9. The van der Waals surface area contributed by atoms with Crippen molar-refractivity contribution in [3.05, 3.63) is 59.8 Å². The first-order valence-electron chi connectivity index (χ1n) is 10.6. The van der Waals surface area contributed by atoms with E-state index < -0.39 is 10.0 Å². The summed E-state index contributed by atoms with van der Waals surface area (Å²) in [6, 6.07) is 12.5. The van der Waals surface area contributed by atoms with Crippen LogP contribution in [0.5, 0.6) is 5.75 Å². The van der Waals surface area contributed by atoms with Gasteiger partial charge in [0.2, 0.25) is 16.0 Å². The number of nitrogens with zero attached hydrogens (tertiary/aromatic N) is 3. The molecule has 3 aromatic rings. The zero-order valence-electron chi connectivity index (χ0n) is 20.1. The van der Waals surface area contributed by atoms with Crippen molar-refractivity contribution >= 4 is 44.6 Å². The van der Waals surface area contributed by atoms with Crippen LogP contribution >= 0.6 is 0 Å². The smallest absolute Gasteiger partial charge is 0.232 e. The summed E-state index contributed by atoms with van der Waals surface area (Å²) in [5, 5.41) is 6.27. The third-order valence-corrected chi connectivity index (χ3v) is 6.43. The molecular formula is C24H29N5O4S. The van der Waals surface area contributed by atoms with E-state index in [-0.39, 0.29) is 23.5 Å². The molecule has 0 aliphatic heterocycles. The number of para-hydroxylation sites is 2. The lowest BCUT2D eigenvalue weighted by atomic mass is 10.0. The fraction of sp³-hybridized carbons (Fsp3) is 0.292. The molecule has 0 unspecified atom stereocenters. The number of hydrogen-bond acceptors (Lipinski definition) is 8. The minimum Gasteiger partial charge on any atom is -0.496 e. The van der Waals surface area contributed by atoms with E-state index in [9.17, 15) is 13.2 Å². The summed E-state index contributed by atoms with van der Waals surface area (Å²) in [5.74, 6) is 0.832. The summed E-state index contributed by atoms with van der Waals surface area (Å²) in [7, 11) is -0.435. The lowest BCUT2D eigenvalue weighted by molar-refractivity contribution is 0.0939. The number of anilines is 5. The second kappa shape index (κ2) is 10.1. The number of sulfonamides is 1. The molecule has 2 aromatic carbocycles. The minimum absolute atomic E-state index is 0.139. The number of carbonyl (C=O) groups excluding carboxylic acids is 1. The van der Waals surface area contributed by atoms with Gasteiger partial charge < -0.3 is 15.4 Å². The third-order valence-electron chi connectivity index (χ3n) is 5.24. The van der Waals surface area contributed by atoms with Crippen LogP contribution in [0.15, 0.2) is 48.7 Å². The van der Waals surface area contributed by atoms with Gasteiger partial charge in [-0.15, -0.1) is 0 Å². The van der Waals surface area contributed by atoms with E-state index in [0.717, 1.165) is 16.1 Å². The quantitative estimate of drug-likeness (QED) is 0.427. The van der Waals surface area contributed by atoms with Crippen LogP contribution in [0.1, 0.15) is 29.8 Å². The number of hydrogen-bond donors (Lipinski definition) is 2. The molecule has 0 saturated carbocycles. The monoisotopic (exact) mass is 483 g/mol. The first-order valence-corrected chi connectivity index (χ1v) is 12.5. The molecule has 0 radical (unpaired) electrons. The molecular weight excluding hydrogens is 454 g/mol. The van der Waals surface area contributed by atoms with Crippen molar-refractivity contribution in [2.75, 3.05) is 35.4 Å². The largest absolute Gasteiger partial charge is 0.496 e. The van der Waals surface area contributed by atoms with Crippen molar-refractivity contribution < 1.29 is 17.9 Å². The number of Topliss-reactive ketones (excluding diaryl/α,β-unsaturated/α-hetero) is 1. The highest BCUT2D eigenvalue weighted by molar-refractivity contribution is 7.92. The molecule has 0 fully saturated rings. The number of benzene rings is 2. The molecule has 1 heterocycles. The maximum absolute atomic E-state index is 12.9. The topological polar surface area (TPSA) is 114 Å². The molecule has 0 bridgehead atoms. The van der Waals surface area contributed by atoms with Crippen LogP contribution in [0.2, 0.25) is 0 Å². The van der Waals surface area contributed by atoms with Gasteiger partial charge in [-0.1, -0.05) is 32.0 Å². The number of rotatable bonds is 9. The van der Waals surface area contributed by atoms with Crippen molar-refractivity contribution in [3.63, 3.8) is 0 Å². The highest BCUT2D eigenvalue weighted by Gasteiger charge is 2.21. The van der Waals surface area contributed by atoms with Crippen LogP contribution in [0.25, 0.3) is 0 Å². The minimum atomic E-state index is -3.50. The Hall–Kier alpha value is -3.66. The van der Waals surface area contributed by atoms with Gasteiger partial charge in [0.25, 0.3) is 0 Å². The SMILES string of the molecule is COc1cc(Nc2ncc(C(=O)C(C)C)c(Nc3ccccc3N(C)S(C)(=O)=O)n2)ccc1C. The fourth-order valence-corrected chi connectivity index (χ4v) is 3.73. The fourth-order valence-electron chi connectivity index (χ4n) is 3.22. The molecule has 3 rings (SSSR count). The third kappa shape index (κ3) is 5.63. The Labute approximate surface area is 200 Å². The predicted molar refractivity (Wildman–Crippen MR) is 135 cm³/mol. The highest BCUT2D eigenvalue weighted by Crippen LogP contribution is 2.31. The molecule has 0 atom stereocenters. The van der Waals surface area contributed by atoms with Crippen molar-refractivity contribution in [1.29, 1.82) is 0 Å². The first-order chi connectivity index (χ1) is 16.0. The van der Waals surface area contributed by atoms with Crippen LogP contribution in [0, 0.1) is 12.8 Å². The maximum Gasteiger partial charge on any atom is 0.232 e. The molecule has 34 heavy (non-hydrogen) atoms. The van der Waals surface area contributed by atoms with Crippen LogP contribution in [0.4, 0.5) is 28.8 Å². The molecule has 0 saturated heterocycles. The average molecular weight is 484 g/mol. The summed E-state index contributed by atoms with van der Waals surface area (Å²) >= 11 is 0. The number of ether oxygens (including phenoxy) is 1. The Kier molecular flexibility index (Phi) is 7.41. The van der Waals surface area contributed by atoms with E-state index in [2.05, 4.69) is 20.6 Å². The van der Waals surface area contributed by atoms with Gasteiger partial charge in [-0.05, 0) is 30.7 Å². The van der Waals surface area contributed by atoms with E-state index in [1.54, 1.807) is 45.2 Å². The normalized spacial score (nSPS) is 11.3. The molecule has 10 heteroatoms. The molecule has 1 aromatic heterocycles. The molecule has 0 amide bonds. The number of methoxy groups -OCH3 is 1. The second-order valence-corrected chi connectivity index (χ2v) is 10.2. The molecule has 0 aliphatic rings. The number of carbonyl (C=O) groups is 1. The van der Waals surface area contributed by atoms with Crippen LogP contribution in [-0.2, 0) is 10.0 Å². The van der Waals surface area contributed by atoms with E-state index >= 15 is 0 Å². The number of nitrogens with one attached hydrogen (secondary N) is 2. The van der Waals surface area contributed by atoms with Gasteiger partial charge >= 0.3 is 0 Å². The average Bonchev–Trinajstić information content (AvgIpc) is 2.79. The molecule has 9 nitrogen and oxygen atoms in total. The van der Waals surface area contributed by atoms with Crippen molar-refractivity contribution in [2.24, 2.45) is 5.92 Å². The Bertz CT molecular complexity index is 1310. The highest BCUT2D eigenvalue weighted by atomic mass is 32.2. The van der Waals surface area contributed by atoms with E-state index in [1.165, 1.54) is 13.2 Å². The lowest BCUT2D eigenvalue weighted by Crippen LogP contribution is -2.25. The second-order valence-electron chi connectivity index (χ2n) is 8.16. The van der Waals surface area contributed by atoms with Gasteiger partial charge in [0.1, 0.15) is 11.6 Å². The first kappa shape index (κ1) is 25.0. The summed E-state index contributed by atoms with van der Waals surface area (Å²) in [5.41, 5.74) is 2.91. The zero-order chi connectivity index (χ0) is 25.0. The Morgan fingerprint density at radius 2 is 1.82 bits per heavy atom. The van der Waals surface area contributed by atoms with E-state index in [0.29, 0.717) is 28.4 Å². The van der Waals surface area contributed by atoms with Crippen LogP contribution in [0.3, 0.4) is 0 Å². The van der Waals surface area contributed by atoms with Crippen LogP contribution in [-0.4, -0.2) is 44.6 Å². The van der Waals surface area contributed by atoms with Gasteiger partial charge in [-0.3, -0.25) is 9.10 Å². The standard InChI is InChI=1S/C24H29N5O4S/c1-15(2)22(30)18-14-25-24(26-17-12-11-16(3)21(13-17)33-5)28-23(18)27-19-9-7-8-10-20(19)29(4)34(6,31)32/h7-15H,1-6H3,(H2,25,26,27,28). The Balaban J connectivity index is 2.04. The maximum atomic E-state index is 12.9. The Morgan fingerprint density at radius 1 is 1.12 bits per heavy atom. The van der Waals surface area contributed by atoms with Crippen LogP contribution < -0.4 is 19.7 Å². The van der Waals surface area contributed by atoms with Gasteiger partial charge in [0, 0.05) is 30.9 Å². The number of aromatic nitrogens is 2. The summed E-state index contributed by atoms with van der Waals surface area (Å²) < 4.78 is 30.8. The number of aryl methyl sites for hydroxylation is 1. The van der Waals surface area contributed by atoms with E-state index in [1.807, 2.05) is 25.1 Å². The summed E-state index contributed by atoms with van der Waals surface area (Å²) in [4.78, 5) is 21.7. The summed E-state index contributed by atoms with van der Waals surface area (Å²) in [6.07, 6.45) is 2.59. The van der Waals surface area contributed by atoms with Gasteiger partial charge in [0.15, 0.2) is 5.78 Å².